The SMILES string of the molecule is CCCc1ccc(OCc2ccc(C(=O)NC(C)C3CC4CCC3C4)o2)cc1. The van der Waals surface area contributed by atoms with Gasteiger partial charge in [0.15, 0.2) is 5.76 Å². The van der Waals surface area contributed by atoms with Gasteiger partial charge in [-0.3, -0.25) is 4.79 Å². The Bertz CT molecular complexity index is 794. The maximum absolute atomic E-state index is 12.6. The number of hydrogen-bond donors (Lipinski definition) is 1. The van der Waals surface area contributed by atoms with Crippen molar-refractivity contribution in [3.63, 3.8) is 0 Å². The van der Waals surface area contributed by atoms with Gasteiger partial charge < -0.3 is 14.5 Å². The quantitative estimate of drug-likeness (QED) is 0.669. The number of benzene rings is 1. The van der Waals surface area contributed by atoms with E-state index >= 15 is 0 Å². The Morgan fingerprint density at radius 3 is 2.68 bits per heavy atom. The Hall–Kier alpha value is -2.23. The Labute approximate surface area is 167 Å². The Morgan fingerprint density at radius 1 is 1.18 bits per heavy atom. The maximum Gasteiger partial charge on any atom is 0.287 e. The number of ether oxygens (including phenoxy) is 1. The first-order valence-corrected chi connectivity index (χ1v) is 10.7. The molecule has 2 bridgehead atoms. The summed E-state index contributed by atoms with van der Waals surface area (Å²) < 4.78 is 11.5. The summed E-state index contributed by atoms with van der Waals surface area (Å²) in [6.07, 6.45) is 7.55. The number of aryl methyl sites for hydroxylation is 1. The lowest BCUT2D eigenvalue weighted by Crippen LogP contribution is -2.40. The third kappa shape index (κ3) is 4.26. The highest BCUT2D eigenvalue weighted by molar-refractivity contribution is 5.91. The molecule has 150 valence electrons. The number of nitrogens with one attached hydrogen (secondary N) is 1. The molecule has 4 atom stereocenters. The molecule has 1 heterocycles. The Balaban J connectivity index is 1.28. The first-order chi connectivity index (χ1) is 13.6. The summed E-state index contributed by atoms with van der Waals surface area (Å²) in [4.78, 5) is 12.6. The molecule has 2 aliphatic carbocycles. The van der Waals surface area contributed by atoms with Crippen LogP contribution in [0, 0.1) is 17.8 Å². The van der Waals surface area contributed by atoms with E-state index in [9.17, 15) is 4.79 Å². The highest BCUT2D eigenvalue weighted by atomic mass is 16.5. The molecule has 1 aromatic heterocycles. The van der Waals surface area contributed by atoms with Crippen molar-refractivity contribution in [3.05, 3.63) is 53.5 Å². The number of fused-ring (bicyclic) bond motifs is 2. The van der Waals surface area contributed by atoms with Crippen LogP contribution in [0.5, 0.6) is 5.75 Å². The summed E-state index contributed by atoms with van der Waals surface area (Å²) in [5.41, 5.74) is 1.32. The number of furan rings is 1. The third-order valence-electron chi connectivity index (χ3n) is 6.52. The summed E-state index contributed by atoms with van der Waals surface area (Å²) in [6, 6.07) is 11.9. The van der Waals surface area contributed by atoms with Crippen LogP contribution in [0.2, 0.25) is 0 Å². The van der Waals surface area contributed by atoms with Gasteiger partial charge in [0.25, 0.3) is 5.91 Å². The molecule has 28 heavy (non-hydrogen) atoms. The highest BCUT2D eigenvalue weighted by Crippen LogP contribution is 2.49. The van der Waals surface area contributed by atoms with Crippen molar-refractivity contribution in [1.29, 1.82) is 0 Å². The van der Waals surface area contributed by atoms with Crippen molar-refractivity contribution in [1.82, 2.24) is 5.32 Å². The van der Waals surface area contributed by atoms with Crippen molar-refractivity contribution >= 4 is 5.91 Å². The van der Waals surface area contributed by atoms with Crippen LogP contribution in [-0.4, -0.2) is 11.9 Å². The Morgan fingerprint density at radius 2 is 2.00 bits per heavy atom. The van der Waals surface area contributed by atoms with Crippen molar-refractivity contribution in [2.75, 3.05) is 0 Å². The summed E-state index contributed by atoms with van der Waals surface area (Å²) in [6.45, 7) is 4.63. The van der Waals surface area contributed by atoms with Crippen LogP contribution in [-0.2, 0) is 13.0 Å². The van der Waals surface area contributed by atoms with Crippen molar-refractivity contribution in [2.24, 2.45) is 17.8 Å². The van der Waals surface area contributed by atoms with E-state index in [1.54, 1.807) is 6.07 Å². The molecular weight excluding hydrogens is 350 g/mol. The molecule has 4 heteroatoms. The van der Waals surface area contributed by atoms with E-state index in [0.717, 1.165) is 30.4 Å². The average molecular weight is 382 g/mol. The van der Waals surface area contributed by atoms with Crippen molar-refractivity contribution in [3.8, 4) is 5.75 Å². The fourth-order valence-corrected chi connectivity index (χ4v) is 5.06. The van der Waals surface area contributed by atoms with E-state index < -0.39 is 0 Å². The zero-order valence-electron chi connectivity index (χ0n) is 16.9. The molecule has 1 N–H and O–H groups in total. The van der Waals surface area contributed by atoms with Gasteiger partial charge in [0.05, 0.1) is 0 Å². The van der Waals surface area contributed by atoms with Gasteiger partial charge in [0, 0.05) is 6.04 Å². The lowest BCUT2D eigenvalue weighted by atomic mass is 9.84. The predicted octanol–water partition coefficient (Wildman–Crippen LogP) is 5.37. The monoisotopic (exact) mass is 381 g/mol. The number of rotatable bonds is 8. The van der Waals surface area contributed by atoms with Gasteiger partial charge in [0.1, 0.15) is 18.1 Å². The van der Waals surface area contributed by atoms with Crippen LogP contribution in [0.3, 0.4) is 0 Å². The zero-order valence-corrected chi connectivity index (χ0v) is 16.9. The van der Waals surface area contributed by atoms with E-state index in [2.05, 4.69) is 31.3 Å². The van der Waals surface area contributed by atoms with E-state index in [1.165, 1.54) is 31.2 Å². The second kappa shape index (κ2) is 8.42. The van der Waals surface area contributed by atoms with Crippen LogP contribution in [0.1, 0.15) is 67.8 Å². The minimum atomic E-state index is -0.120. The van der Waals surface area contributed by atoms with Gasteiger partial charge in [-0.15, -0.1) is 0 Å². The molecule has 4 rings (SSSR count). The van der Waals surface area contributed by atoms with Crippen LogP contribution in [0.25, 0.3) is 0 Å². The summed E-state index contributed by atoms with van der Waals surface area (Å²) in [5, 5.41) is 3.15. The van der Waals surface area contributed by atoms with Crippen LogP contribution < -0.4 is 10.1 Å². The normalized spacial score (nSPS) is 24.3. The molecule has 2 aliphatic rings. The second-order valence-electron chi connectivity index (χ2n) is 8.55. The highest BCUT2D eigenvalue weighted by Gasteiger charge is 2.42. The minimum Gasteiger partial charge on any atom is -0.486 e. The lowest BCUT2D eigenvalue weighted by molar-refractivity contribution is 0.0883. The third-order valence-corrected chi connectivity index (χ3v) is 6.52. The number of amides is 1. The van der Waals surface area contributed by atoms with Gasteiger partial charge in [-0.2, -0.15) is 0 Å². The molecule has 2 saturated carbocycles. The van der Waals surface area contributed by atoms with Gasteiger partial charge in [-0.05, 0) is 80.2 Å². The van der Waals surface area contributed by atoms with E-state index in [4.69, 9.17) is 9.15 Å². The Kier molecular flexibility index (Phi) is 5.74. The minimum absolute atomic E-state index is 0.120. The summed E-state index contributed by atoms with van der Waals surface area (Å²) in [5.74, 6) is 4.03. The number of carbonyl (C=O) groups excluding carboxylic acids is 1. The number of hydrogen-bond acceptors (Lipinski definition) is 3. The van der Waals surface area contributed by atoms with Crippen LogP contribution in [0.4, 0.5) is 0 Å². The van der Waals surface area contributed by atoms with Crippen LogP contribution >= 0.6 is 0 Å². The molecule has 4 nitrogen and oxygen atoms in total. The van der Waals surface area contributed by atoms with Gasteiger partial charge in [-0.25, -0.2) is 0 Å². The lowest BCUT2D eigenvalue weighted by Gasteiger charge is -2.28. The summed E-state index contributed by atoms with van der Waals surface area (Å²) >= 11 is 0. The molecular formula is C24H31NO3. The fourth-order valence-electron chi connectivity index (χ4n) is 5.06. The molecule has 0 aliphatic heterocycles. The first-order valence-electron chi connectivity index (χ1n) is 10.7. The molecule has 0 saturated heterocycles. The molecule has 1 amide bonds. The molecule has 2 aromatic rings. The zero-order chi connectivity index (χ0) is 19.5. The number of carbonyl (C=O) groups is 1. The average Bonchev–Trinajstić information content (AvgIpc) is 3.44. The van der Waals surface area contributed by atoms with Gasteiger partial charge >= 0.3 is 0 Å². The fraction of sp³-hybridized carbons (Fsp3) is 0.542. The molecule has 2 fully saturated rings. The summed E-state index contributed by atoms with van der Waals surface area (Å²) in [7, 11) is 0. The smallest absolute Gasteiger partial charge is 0.287 e. The standard InChI is InChI=1S/C24H31NO3/c1-3-4-17-6-9-20(10-7-17)27-15-21-11-12-23(28-21)24(26)25-16(2)22-14-18-5-8-19(22)13-18/h6-7,9-12,16,18-19,22H,3-5,8,13-15H2,1-2H3,(H,25,26). The largest absolute Gasteiger partial charge is 0.486 e. The first kappa shape index (κ1) is 19.1. The predicted molar refractivity (Wildman–Crippen MR) is 109 cm³/mol. The molecule has 0 radical (unpaired) electrons. The van der Waals surface area contributed by atoms with Crippen molar-refractivity contribution in [2.45, 2.75) is 65.0 Å². The van der Waals surface area contributed by atoms with E-state index in [0.29, 0.717) is 24.0 Å². The molecule has 0 spiro atoms. The van der Waals surface area contributed by atoms with E-state index in [-0.39, 0.29) is 11.9 Å². The van der Waals surface area contributed by atoms with Crippen molar-refractivity contribution < 1.29 is 13.9 Å². The topological polar surface area (TPSA) is 51.5 Å². The van der Waals surface area contributed by atoms with Gasteiger partial charge in [-0.1, -0.05) is 31.9 Å². The molecule has 4 unspecified atom stereocenters. The van der Waals surface area contributed by atoms with Crippen LogP contribution in [0.15, 0.2) is 40.8 Å². The van der Waals surface area contributed by atoms with Gasteiger partial charge in [0.2, 0.25) is 0 Å². The second-order valence-corrected chi connectivity index (χ2v) is 8.55. The maximum atomic E-state index is 12.6. The molecule has 1 aromatic carbocycles. The van der Waals surface area contributed by atoms with E-state index in [1.807, 2.05) is 18.2 Å².